The third-order valence-electron chi connectivity index (χ3n) is 5.80. The summed E-state index contributed by atoms with van der Waals surface area (Å²) in [4.78, 5) is 32.7. The molecule has 0 radical (unpaired) electrons. The molecule has 2 aromatic heterocycles. The number of likely N-dealkylation sites (N-methyl/N-ethyl adjacent to an activating group) is 1. The summed E-state index contributed by atoms with van der Waals surface area (Å²) in [5.74, 6) is -0.633. The van der Waals surface area contributed by atoms with E-state index in [2.05, 4.69) is 4.98 Å². The summed E-state index contributed by atoms with van der Waals surface area (Å²) < 4.78 is 17.2. The first-order chi connectivity index (χ1) is 16.0. The molecule has 0 spiro atoms. The van der Waals surface area contributed by atoms with Gasteiger partial charge in [-0.25, -0.2) is 9.37 Å². The molecular weight excluding hydrogens is 419 g/mol. The molecule has 0 aliphatic carbocycles. The highest BCUT2D eigenvalue weighted by Crippen LogP contribution is 2.27. The molecule has 3 aromatic carbocycles. The Morgan fingerprint density at radius 3 is 2.42 bits per heavy atom. The topological polar surface area (TPSA) is 60.1 Å². The highest BCUT2D eigenvalue weighted by molar-refractivity contribution is 6.06. The largest absolute Gasteiger partial charge is 0.325 e. The van der Waals surface area contributed by atoms with Crippen LogP contribution in [0.5, 0.6) is 0 Å². The molecule has 0 saturated carbocycles. The van der Waals surface area contributed by atoms with Gasteiger partial charge in [0.25, 0.3) is 5.56 Å². The lowest BCUT2D eigenvalue weighted by molar-refractivity contribution is -0.118. The number of halogens is 1. The number of benzene rings is 3. The summed E-state index contributed by atoms with van der Waals surface area (Å²) >= 11 is 0. The fourth-order valence-electron chi connectivity index (χ4n) is 4.07. The second-order valence-corrected chi connectivity index (χ2v) is 7.90. The van der Waals surface area contributed by atoms with Crippen molar-refractivity contribution < 1.29 is 9.18 Å². The van der Waals surface area contributed by atoms with Gasteiger partial charge in [-0.15, -0.1) is 0 Å². The van der Waals surface area contributed by atoms with Gasteiger partial charge in [0.15, 0.2) is 0 Å². The summed E-state index contributed by atoms with van der Waals surface area (Å²) in [6.45, 7) is 0.264. The van der Waals surface area contributed by atoms with Crippen LogP contribution in [0.4, 0.5) is 10.1 Å². The highest BCUT2D eigenvalue weighted by atomic mass is 19.1. The number of amides is 1. The van der Waals surface area contributed by atoms with E-state index >= 15 is 0 Å². The predicted molar refractivity (Wildman–Crippen MR) is 127 cm³/mol. The zero-order chi connectivity index (χ0) is 22.9. The van der Waals surface area contributed by atoms with Crippen LogP contribution in [0.3, 0.4) is 0 Å². The molecule has 0 aliphatic heterocycles. The van der Waals surface area contributed by atoms with Crippen LogP contribution in [0.15, 0.2) is 90.0 Å². The van der Waals surface area contributed by atoms with Crippen molar-refractivity contribution in [3.63, 3.8) is 0 Å². The Morgan fingerprint density at radius 2 is 1.70 bits per heavy atom. The van der Waals surface area contributed by atoms with Crippen molar-refractivity contribution in [2.45, 2.75) is 13.1 Å². The van der Waals surface area contributed by atoms with Gasteiger partial charge in [0.05, 0.1) is 18.4 Å². The lowest BCUT2D eigenvalue weighted by atomic mass is 10.2. The van der Waals surface area contributed by atoms with Crippen molar-refractivity contribution in [1.82, 2.24) is 14.1 Å². The minimum Gasteiger partial charge on any atom is -0.325 e. The van der Waals surface area contributed by atoms with Gasteiger partial charge >= 0.3 is 0 Å². The summed E-state index contributed by atoms with van der Waals surface area (Å²) in [5, 5.41) is 0.504. The number of nitrogens with zero attached hydrogens (tertiary/aromatic N) is 4. The second-order valence-electron chi connectivity index (χ2n) is 7.90. The van der Waals surface area contributed by atoms with Gasteiger partial charge in [-0.2, -0.15) is 0 Å². The SMILES string of the molecule is CN(C(=O)Cn1c2ccc(F)cc2c2ncn(Cc3ccccc3)c(=O)c21)c1ccccc1. The molecule has 7 heteroatoms. The zero-order valence-electron chi connectivity index (χ0n) is 18.0. The molecule has 0 aliphatic rings. The Bertz CT molecular complexity index is 1520. The minimum atomic E-state index is -0.426. The summed E-state index contributed by atoms with van der Waals surface area (Å²) in [6, 6.07) is 23.1. The molecule has 0 N–H and O–H groups in total. The third-order valence-corrected chi connectivity index (χ3v) is 5.80. The van der Waals surface area contributed by atoms with Gasteiger partial charge in [0, 0.05) is 18.1 Å². The van der Waals surface area contributed by atoms with E-state index in [9.17, 15) is 14.0 Å². The number of aromatic nitrogens is 3. The standard InChI is InChI=1S/C26H21FN4O2/c1-29(20-10-6-3-7-11-20)23(32)16-31-22-13-12-19(27)14-21(22)24-25(31)26(33)30(17-28-24)15-18-8-4-2-5-9-18/h2-14,17H,15-16H2,1H3. The van der Waals surface area contributed by atoms with Crippen molar-refractivity contribution in [1.29, 1.82) is 0 Å². The lowest BCUT2D eigenvalue weighted by Crippen LogP contribution is -2.31. The third kappa shape index (κ3) is 3.78. The molecule has 5 aromatic rings. The molecule has 6 nitrogen and oxygen atoms in total. The quantitative estimate of drug-likeness (QED) is 0.412. The van der Waals surface area contributed by atoms with Crippen LogP contribution in [-0.4, -0.2) is 27.1 Å². The van der Waals surface area contributed by atoms with Crippen LogP contribution in [0.1, 0.15) is 5.56 Å². The van der Waals surface area contributed by atoms with Crippen LogP contribution >= 0.6 is 0 Å². The van der Waals surface area contributed by atoms with Crippen LogP contribution in [-0.2, 0) is 17.9 Å². The number of hydrogen-bond acceptors (Lipinski definition) is 3. The van der Waals surface area contributed by atoms with E-state index in [0.717, 1.165) is 11.3 Å². The van der Waals surface area contributed by atoms with E-state index in [1.807, 2.05) is 60.7 Å². The van der Waals surface area contributed by atoms with Gasteiger partial charge in [-0.3, -0.25) is 14.2 Å². The molecule has 0 unspecified atom stereocenters. The van der Waals surface area contributed by atoms with Crippen molar-refractivity contribution in [2.75, 3.05) is 11.9 Å². The van der Waals surface area contributed by atoms with E-state index in [1.165, 1.54) is 23.0 Å². The molecule has 2 heterocycles. The summed E-state index contributed by atoms with van der Waals surface area (Å²) in [6.07, 6.45) is 1.48. The minimum absolute atomic E-state index is 0.0801. The Labute approximate surface area is 189 Å². The smallest absolute Gasteiger partial charge is 0.278 e. The Balaban J connectivity index is 1.64. The normalized spacial score (nSPS) is 11.2. The van der Waals surface area contributed by atoms with Crippen molar-refractivity contribution in [3.05, 3.63) is 107 Å². The number of fused-ring (bicyclic) bond motifs is 3. The molecule has 5 rings (SSSR count). The van der Waals surface area contributed by atoms with E-state index in [0.29, 0.717) is 23.0 Å². The van der Waals surface area contributed by atoms with Gasteiger partial charge in [0.1, 0.15) is 23.4 Å². The molecule has 164 valence electrons. The number of para-hydroxylation sites is 1. The van der Waals surface area contributed by atoms with Crippen molar-refractivity contribution in [2.24, 2.45) is 0 Å². The number of rotatable bonds is 5. The molecule has 0 fully saturated rings. The Kier molecular flexibility index (Phi) is 5.22. The van der Waals surface area contributed by atoms with Gasteiger partial charge in [-0.05, 0) is 35.9 Å². The fraction of sp³-hybridized carbons (Fsp3) is 0.115. The van der Waals surface area contributed by atoms with Crippen LogP contribution in [0, 0.1) is 5.82 Å². The molecule has 1 amide bonds. The first kappa shape index (κ1) is 20.6. The fourth-order valence-corrected chi connectivity index (χ4v) is 4.07. The summed E-state index contributed by atoms with van der Waals surface area (Å²) in [7, 11) is 1.69. The van der Waals surface area contributed by atoms with E-state index in [1.54, 1.807) is 22.6 Å². The maximum atomic E-state index is 14.1. The van der Waals surface area contributed by atoms with Crippen LogP contribution < -0.4 is 10.5 Å². The molecule has 0 saturated heterocycles. The number of hydrogen-bond donors (Lipinski definition) is 0. The average molecular weight is 440 g/mol. The van der Waals surface area contributed by atoms with Crippen molar-refractivity contribution >= 4 is 33.5 Å². The first-order valence-electron chi connectivity index (χ1n) is 10.6. The number of carbonyl (C=O) groups excluding carboxylic acids is 1. The molecule has 33 heavy (non-hydrogen) atoms. The van der Waals surface area contributed by atoms with Crippen LogP contribution in [0.2, 0.25) is 0 Å². The van der Waals surface area contributed by atoms with Crippen LogP contribution in [0.25, 0.3) is 21.9 Å². The first-order valence-corrected chi connectivity index (χ1v) is 10.6. The summed E-state index contributed by atoms with van der Waals surface area (Å²) in [5.41, 5.74) is 2.67. The predicted octanol–water partition coefficient (Wildman–Crippen LogP) is 4.20. The lowest BCUT2D eigenvalue weighted by Gasteiger charge is -2.18. The zero-order valence-corrected chi connectivity index (χ0v) is 18.0. The maximum Gasteiger partial charge on any atom is 0.278 e. The van der Waals surface area contributed by atoms with E-state index in [-0.39, 0.29) is 23.5 Å². The van der Waals surface area contributed by atoms with Gasteiger partial charge < -0.3 is 9.47 Å². The van der Waals surface area contributed by atoms with Crippen molar-refractivity contribution in [3.8, 4) is 0 Å². The monoisotopic (exact) mass is 440 g/mol. The number of carbonyl (C=O) groups is 1. The van der Waals surface area contributed by atoms with Gasteiger partial charge in [-0.1, -0.05) is 48.5 Å². The molecule has 0 bridgehead atoms. The van der Waals surface area contributed by atoms with E-state index < -0.39 is 5.82 Å². The molecule has 0 atom stereocenters. The Morgan fingerprint density at radius 1 is 1.00 bits per heavy atom. The maximum absolute atomic E-state index is 14.1. The molecular formula is C26H21FN4O2. The average Bonchev–Trinajstić information content (AvgIpc) is 3.14. The Hall–Kier alpha value is -4.26. The second kappa shape index (κ2) is 8.35. The van der Waals surface area contributed by atoms with Gasteiger partial charge in [0.2, 0.25) is 5.91 Å². The highest BCUT2D eigenvalue weighted by Gasteiger charge is 2.21. The number of anilines is 1. The van der Waals surface area contributed by atoms with E-state index in [4.69, 9.17) is 0 Å².